The van der Waals surface area contributed by atoms with Crippen molar-refractivity contribution in [1.82, 2.24) is 14.9 Å². The van der Waals surface area contributed by atoms with Crippen LogP contribution in [-0.2, 0) is 12.0 Å². The molecular weight excluding hydrogens is 430 g/mol. The molecule has 1 amide bonds. The van der Waals surface area contributed by atoms with Crippen LogP contribution >= 0.6 is 22.9 Å². The standard InChI is InChI=1S/C24H26ClN3O2S/c1-3-4-20-15-17(9-12-26-20)22-27-16(2)21(31-22)23(29)28-13-10-24(30,11-14-28)18-5-7-19(25)8-6-18/h5-9,12,15,30H,3-4,10-11,13-14H2,1-2H3. The molecule has 1 fully saturated rings. The minimum Gasteiger partial charge on any atom is -0.385 e. The summed E-state index contributed by atoms with van der Waals surface area (Å²) in [7, 11) is 0. The first-order valence-electron chi connectivity index (χ1n) is 10.6. The maximum Gasteiger partial charge on any atom is 0.265 e. The number of carbonyl (C=O) groups is 1. The molecule has 0 saturated carbocycles. The van der Waals surface area contributed by atoms with E-state index in [4.69, 9.17) is 11.6 Å². The lowest BCUT2D eigenvalue weighted by molar-refractivity contribution is -0.0210. The van der Waals surface area contributed by atoms with Crippen LogP contribution in [0.25, 0.3) is 10.6 Å². The molecule has 7 heteroatoms. The number of likely N-dealkylation sites (tertiary alicyclic amines) is 1. The molecule has 31 heavy (non-hydrogen) atoms. The molecule has 1 aliphatic heterocycles. The third-order valence-electron chi connectivity index (χ3n) is 5.82. The van der Waals surface area contributed by atoms with Crippen molar-refractivity contribution in [2.45, 2.75) is 45.1 Å². The lowest BCUT2D eigenvalue weighted by Crippen LogP contribution is -2.45. The van der Waals surface area contributed by atoms with Gasteiger partial charge in [-0.15, -0.1) is 11.3 Å². The van der Waals surface area contributed by atoms with E-state index < -0.39 is 5.60 Å². The second-order valence-electron chi connectivity index (χ2n) is 8.05. The van der Waals surface area contributed by atoms with Crippen molar-refractivity contribution in [3.8, 4) is 10.6 Å². The van der Waals surface area contributed by atoms with Crippen LogP contribution in [0.1, 0.15) is 52.8 Å². The first-order valence-corrected chi connectivity index (χ1v) is 11.8. The van der Waals surface area contributed by atoms with Crippen molar-refractivity contribution in [2.24, 2.45) is 0 Å². The number of hydrogen-bond acceptors (Lipinski definition) is 5. The molecule has 162 valence electrons. The van der Waals surface area contributed by atoms with Crippen LogP contribution in [0.15, 0.2) is 42.6 Å². The van der Waals surface area contributed by atoms with Crippen molar-refractivity contribution in [3.63, 3.8) is 0 Å². The van der Waals surface area contributed by atoms with Crippen LogP contribution in [0, 0.1) is 6.92 Å². The number of aromatic nitrogens is 2. The summed E-state index contributed by atoms with van der Waals surface area (Å²) < 4.78 is 0. The topological polar surface area (TPSA) is 66.3 Å². The fourth-order valence-corrected chi connectivity index (χ4v) is 5.15. The molecule has 1 aliphatic rings. The largest absolute Gasteiger partial charge is 0.385 e. The van der Waals surface area contributed by atoms with E-state index in [1.165, 1.54) is 11.3 Å². The molecule has 0 unspecified atom stereocenters. The quantitative estimate of drug-likeness (QED) is 0.571. The number of halogens is 1. The summed E-state index contributed by atoms with van der Waals surface area (Å²) in [6.07, 6.45) is 4.76. The number of amides is 1. The molecule has 0 bridgehead atoms. The molecular formula is C24H26ClN3O2S. The summed E-state index contributed by atoms with van der Waals surface area (Å²) in [4.78, 5) is 24.8. The van der Waals surface area contributed by atoms with Gasteiger partial charge in [-0.3, -0.25) is 9.78 Å². The Kier molecular flexibility index (Phi) is 6.42. The van der Waals surface area contributed by atoms with Gasteiger partial charge in [0.05, 0.1) is 11.3 Å². The van der Waals surface area contributed by atoms with Gasteiger partial charge in [0.2, 0.25) is 0 Å². The Bertz CT molecular complexity index is 1070. The average Bonchev–Trinajstić information content (AvgIpc) is 3.16. The van der Waals surface area contributed by atoms with Gasteiger partial charge in [-0.25, -0.2) is 4.98 Å². The molecule has 4 rings (SSSR count). The summed E-state index contributed by atoms with van der Waals surface area (Å²) >= 11 is 7.40. The highest BCUT2D eigenvalue weighted by molar-refractivity contribution is 7.17. The van der Waals surface area contributed by atoms with Crippen LogP contribution in [0.2, 0.25) is 5.02 Å². The summed E-state index contributed by atoms with van der Waals surface area (Å²) in [5, 5.41) is 12.6. The van der Waals surface area contributed by atoms with Crippen molar-refractivity contribution < 1.29 is 9.90 Å². The number of aryl methyl sites for hydroxylation is 2. The number of nitrogens with zero attached hydrogens (tertiary/aromatic N) is 3. The van der Waals surface area contributed by atoms with Crippen molar-refractivity contribution in [2.75, 3.05) is 13.1 Å². The second kappa shape index (κ2) is 9.07. The number of pyridine rings is 1. The highest BCUT2D eigenvalue weighted by Crippen LogP contribution is 2.35. The van der Waals surface area contributed by atoms with E-state index >= 15 is 0 Å². The van der Waals surface area contributed by atoms with Crippen molar-refractivity contribution in [3.05, 3.63) is 69.4 Å². The van der Waals surface area contributed by atoms with E-state index in [0.29, 0.717) is 35.8 Å². The molecule has 3 aromatic rings. The first-order chi connectivity index (χ1) is 14.9. The number of aliphatic hydroxyl groups is 1. The lowest BCUT2D eigenvalue weighted by Gasteiger charge is -2.38. The Labute approximate surface area is 191 Å². The highest BCUT2D eigenvalue weighted by atomic mass is 35.5. The van der Waals surface area contributed by atoms with Crippen LogP contribution in [0.5, 0.6) is 0 Å². The monoisotopic (exact) mass is 455 g/mol. The lowest BCUT2D eigenvalue weighted by atomic mass is 9.84. The molecule has 3 heterocycles. The minimum atomic E-state index is -0.929. The van der Waals surface area contributed by atoms with E-state index in [-0.39, 0.29) is 5.91 Å². The number of piperidine rings is 1. The van der Waals surface area contributed by atoms with Crippen LogP contribution < -0.4 is 0 Å². The smallest absolute Gasteiger partial charge is 0.265 e. The van der Waals surface area contributed by atoms with Crippen LogP contribution in [0.3, 0.4) is 0 Å². The van der Waals surface area contributed by atoms with Crippen LogP contribution in [-0.4, -0.2) is 39.0 Å². The third kappa shape index (κ3) is 4.66. The molecule has 1 N–H and O–H groups in total. The molecule has 0 radical (unpaired) electrons. The van der Waals surface area contributed by atoms with E-state index in [9.17, 15) is 9.90 Å². The Morgan fingerprint density at radius 3 is 2.61 bits per heavy atom. The number of carbonyl (C=O) groups excluding carboxylic acids is 1. The van der Waals surface area contributed by atoms with Gasteiger partial charge in [0, 0.05) is 35.6 Å². The predicted molar refractivity (Wildman–Crippen MR) is 125 cm³/mol. The molecule has 5 nitrogen and oxygen atoms in total. The Hall–Kier alpha value is -2.28. The van der Waals surface area contributed by atoms with E-state index in [1.54, 1.807) is 18.3 Å². The average molecular weight is 456 g/mol. The fraction of sp³-hybridized carbons (Fsp3) is 0.375. The van der Waals surface area contributed by atoms with Gasteiger partial charge < -0.3 is 10.0 Å². The number of rotatable bonds is 5. The summed E-state index contributed by atoms with van der Waals surface area (Å²) in [5.74, 6) is -0.0118. The Morgan fingerprint density at radius 1 is 1.23 bits per heavy atom. The number of benzene rings is 1. The number of hydrogen-bond donors (Lipinski definition) is 1. The van der Waals surface area contributed by atoms with Gasteiger partial charge >= 0.3 is 0 Å². The van der Waals surface area contributed by atoms with Gasteiger partial charge in [0.1, 0.15) is 9.88 Å². The maximum atomic E-state index is 13.2. The zero-order valence-electron chi connectivity index (χ0n) is 17.8. The van der Waals surface area contributed by atoms with Crippen molar-refractivity contribution >= 4 is 28.8 Å². The Morgan fingerprint density at radius 2 is 1.94 bits per heavy atom. The normalized spacial score (nSPS) is 15.8. The second-order valence-corrected chi connectivity index (χ2v) is 9.49. The highest BCUT2D eigenvalue weighted by Gasteiger charge is 2.36. The Balaban J connectivity index is 1.48. The first kappa shape index (κ1) is 21.9. The molecule has 0 spiro atoms. The SMILES string of the molecule is CCCc1cc(-c2nc(C)c(C(=O)N3CCC(O)(c4ccc(Cl)cc4)CC3)s2)ccn1. The fourth-order valence-electron chi connectivity index (χ4n) is 3.99. The van der Waals surface area contributed by atoms with Crippen LogP contribution in [0.4, 0.5) is 0 Å². The van der Waals surface area contributed by atoms with Gasteiger partial charge in [0.15, 0.2) is 0 Å². The molecule has 1 aromatic carbocycles. The molecule has 0 aliphatic carbocycles. The number of thiazole rings is 1. The minimum absolute atomic E-state index is 0.0118. The zero-order chi connectivity index (χ0) is 22.0. The van der Waals surface area contributed by atoms with Gasteiger partial charge in [-0.1, -0.05) is 37.1 Å². The van der Waals surface area contributed by atoms with Crippen molar-refractivity contribution in [1.29, 1.82) is 0 Å². The van der Waals surface area contributed by atoms with Gasteiger partial charge in [0.25, 0.3) is 5.91 Å². The summed E-state index contributed by atoms with van der Waals surface area (Å²) in [5.41, 5.74) is 2.71. The van der Waals surface area contributed by atoms with Gasteiger partial charge in [-0.2, -0.15) is 0 Å². The van der Waals surface area contributed by atoms with E-state index in [2.05, 4.69) is 23.0 Å². The van der Waals surface area contributed by atoms with E-state index in [1.807, 2.05) is 30.0 Å². The summed E-state index contributed by atoms with van der Waals surface area (Å²) in [6.45, 7) is 5.02. The zero-order valence-corrected chi connectivity index (χ0v) is 19.3. The molecule has 0 atom stereocenters. The predicted octanol–water partition coefficient (Wildman–Crippen LogP) is 5.24. The van der Waals surface area contributed by atoms with E-state index in [0.717, 1.165) is 40.4 Å². The third-order valence-corrected chi connectivity index (χ3v) is 7.27. The summed E-state index contributed by atoms with van der Waals surface area (Å²) in [6, 6.07) is 11.3. The molecule has 1 saturated heterocycles. The maximum absolute atomic E-state index is 13.2. The molecule has 2 aromatic heterocycles. The van der Waals surface area contributed by atoms with Gasteiger partial charge in [-0.05, 0) is 56.0 Å².